The molecule has 0 bridgehead atoms. The summed E-state index contributed by atoms with van der Waals surface area (Å²) in [5.41, 5.74) is 2.32. The van der Waals surface area contributed by atoms with Gasteiger partial charge in [-0.15, -0.1) is 0 Å². The Morgan fingerprint density at radius 3 is 2.93 bits per heavy atom. The van der Waals surface area contributed by atoms with Gasteiger partial charge < -0.3 is 10.2 Å². The van der Waals surface area contributed by atoms with Gasteiger partial charge in [-0.1, -0.05) is 6.07 Å². The van der Waals surface area contributed by atoms with Crippen molar-refractivity contribution in [1.82, 2.24) is 10.2 Å². The van der Waals surface area contributed by atoms with Gasteiger partial charge in [-0.3, -0.25) is 0 Å². The molecule has 1 N–H and O–H groups in total. The van der Waals surface area contributed by atoms with Crippen LogP contribution in [0.2, 0.25) is 0 Å². The molecule has 0 fully saturated rings. The van der Waals surface area contributed by atoms with Crippen molar-refractivity contribution in [2.45, 2.75) is 12.6 Å². The molecule has 0 amide bonds. The van der Waals surface area contributed by atoms with E-state index in [0.717, 1.165) is 18.7 Å². The Bertz CT molecular complexity index is 336. The number of hydrogen-bond donors (Lipinski definition) is 1. The normalized spacial score (nSPS) is 21.0. The standard InChI is InChI=1S/C11H15FN2/c1-14(2)11-7-13-6-8-3-4-9(12)5-10(8)11/h3-5,11,13H,6-7H2,1-2H3/t11-/m1/s1. The molecule has 2 nitrogen and oxygen atoms in total. The molecule has 1 atom stereocenters. The number of fused-ring (bicyclic) bond motifs is 1. The molecule has 0 aromatic heterocycles. The third kappa shape index (κ3) is 1.65. The van der Waals surface area contributed by atoms with Crippen LogP contribution >= 0.6 is 0 Å². The molecule has 76 valence electrons. The Kier molecular flexibility index (Phi) is 2.52. The molecule has 0 saturated heterocycles. The molecule has 14 heavy (non-hydrogen) atoms. The lowest BCUT2D eigenvalue weighted by molar-refractivity contribution is 0.275. The maximum Gasteiger partial charge on any atom is 0.123 e. The predicted molar refractivity (Wildman–Crippen MR) is 54.5 cm³/mol. The fraction of sp³-hybridized carbons (Fsp3) is 0.455. The maximum absolute atomic E-state index is 13.1. The largest absolute Gasteiger partial charge is 0.311 e. The highest BCUT2D eigenvalue weighted by atomic mass is 19.1. The lowest BCUT2D eigenvalue weighted by Crippen LogP contribution is -2.35. The van der Waals surface area contributed by atoms with Gasteiger partial charge >= 0.3 is 0 Å². The van der Waals surface area contributed by atoms with E-state index in [1.54, 1.807) is 6.07 Å². The number of nitrogens with zero attached hydrogens (tertiary/aromatic N) is 1. The lowest BCUT2D eigenvalue weighted by Gasteiger charge is -2.31. The molecule has 0 saturated carbocycles. The Balaban J connectivity index is 2.41. The van der Waals surface area contributed by atoms with E-state index in [9.17, 15) is 4.39 Å². The van der Waals surface area contributed by atoms with E-state index in [1.807, 2.05) is 20.2 Å². The molecule has 1 aliphatic rings. The molecule has 0 unspecified atom stereocenters. The molecule has 1 aliphatic heterocycles. The molecule has 1 aromatic rings. The van der Waals surface area contributed by atoms with E-state index < -0.39 is 0 Å². The van der Waals surface area contributed by atoms with Gasteiger partial charge in [-0.2, -0.15) is 0 Å². The van der Waals surface area contributed by atoms with Crippen LogP contribution in [0.5, 0.6) is 0 Å². The number of benzene rings is 1. The first-order valence-electron chi connectivity index (χ1n) is 4.84. The van der Waals surface area contributed by atoms with Crippen molar-refractivity contribution in [2.24, 2.45) is 0 Å². The molecule has 1 aromatic carbocycles. The highest BCUT2D eigenvalue weighted by molar-refractivity contribution is 5.32. The zero-order valence-corrected chi connectivity index (χ0v) is 8.55. The fourth-order valence-corrected chi connectivity index (χ4v) is 1.95. The minimum absolute atomic E-state index is 0.141. The van der Waals surface area contributed by atoms with Crippen LogP contribution in [0.1, 0.15) is 17.2 Å². The highest BCUT2D eigenvalue weighted by Gasteiger charge is 2.21. The average molecular weight is 194 g/mol. The Hall–Kier alpha value is -0.930. The molecule has 1 heterocycles. The quantitative estimate of drug-likeness (QED) is 0.729. The first-order valence-corrected chi connectivity index (χ1v) is 4.84. The number of halogens is 1. The SMILES string of the molecule is CN(C)[C@@H]1CNCc2ccc(F)cc21. The van der Waals surface area contributed by atoms with Gasteiger partial charge in [0.05, 0.1) is 0 Å². The topological polar surface area (TPSA) is 15.3 Å². The molecule has 2 rings (SSSR count). The minimum atomic E-state index is -0.141. The average Bonchev–Trinajstić information content (AvgIpc) is 2.16. The summed E-state index contributed by atoms with van der Waals surface area (Å²) in [6.07, 6.45) is 0. The predicted octanol–water partition coefficient (Wildman–Crippen LogP) is 1.53. The van der Waals surface area contributed by atoms with E-state index in [-0.39, 0.29) is 11.9 Å². The van der Waals surface area contributed by atoms with E-state index in [4.69, 9.17) is 0 Å². The smallest absolute Gasteiger partial charge is 0.123 e. The van der Waals surface area contributed by atoms with E-state index >= 15 is 0 Å². The summed E-state index contributed by atoms with van der Waals surface area (Å²) in [5.74, 6) is -0.141. The Morgan fingerprint density at radius 1 is 1.43 bits per heavy atom. The molecule has 0 spiro atoms. The first kappa shape index (κ1) is 9.62. The van der Waals surface area contributed by atoms with Crippen molar-refractivity contribution < 1.29 is 4.39 Å². The van der Waals surface area contributed by atoms with Gasteiger partial charge in [0.15, 0.2) is 0 Å². The molecule has 3 heteroatoms. The van der Waals surface area contributed by atoms with Crippen LogP contribution in [-0.4, -0.2) is 25.5 Å². The van der Waals surface area contributed by atoms with E-state index in [1.165, 1.54) is 11.6 Å². The van der Waals surface area contributed by atoms with Crippen LogP contribution in [-0.2, 0) is 6.54 Å². The van der Waals surface area contributed by atoms with Crippen LogP contribution in [0, 0.1) is 5.82 Å². The summed E-state index contributed by atoms with van der Waals surface area (Å²) in [6.45, 7) is 1.74. The summed E-state index contributed by atoms with van der Waals surface area (Å²) in [5, 5.41) is 3.33. The summed E-state index contributed by atoms with van der Waals surface area (Å²) in [6, 6.07) is 5.33. The van der Waals surface area contributed by atoms with E-state index in [2.05, 4.69) is 10.2 Å². The van der Waals surface area contributed by atoms with Gasteiger partial charge in [0.1, 0.15) is 5.82 Å². The lowest BCUT2D eigenvalue weighted by atomic mass is 9.96. The van der Waals surface area contributed by atoms with Gasteiger partial charge in [0, 0.05) is 19.1 Å². The summed E-state index contributed by atoms with van der Waals surface area (Å²) in [7, 11) is 4.04. The highest BCUT2D eigenvalue weighted by Crippen LogP contribution is 2.25. The number of rotatable bonds is 1. The second-order valence-electron chi connectivity index (χ2n) is 3.95. The monoisotopic (exact) mass is 194 g/mol. The van der Waals surface area contributed by atoms with Crippen molar-refractivity contribution in [3.63, 3.8) is 0 Å². The first-order chi connectivity index (χ1) is 6.68. The van der Waals surface area contributed by atoms with Crippen molar-refractivity contribution >= 4 is 0 Å². The third-order valence-corrected chi connectivity index (χ3v) is 2.74. The van der Waals surface area contributed by atoms with Crippen LogP contribution in [0.4, 0.5) is 4.39 Å². The number of nitrogens with one attached hydrogen (secondary N) is 1. The van der Waals surface area contributed by atoms with Crippen LogP contribution in [0.15, 0.2) is 18.2 Å². The fourth-order valence-electron chi connectivity index (χ4n) is 1.95. The van der Waals surface area contributed by atoms with Gasteiger partial charge in [-0.05, 0) is 37.4 Å². The molecular formula is C11H15FN2. The zero-order valence-electron chi connectivity index (χ0n) is 8.55. The molecule has 0 aliphatic carbocycles. The molecule has 0 radical (unpaired) electrons. The van der Waals surface area contributed by atoms with E-state index in [0.29, 0.717) is 0 Å². The Morgan fingerprint density at radius 2 is 2.21 bits per heavy atom. The second kappa shape index (κ2) is 3.67. The summed E-state index contributed by atoms with van der Waals surface area (Å²) >= 11 is 0. The van der Waals surface area contributed by atoms with Crippen molar-refractivity contribution in [3.8, 4) is 0 Å². The van der Waals surface area contributed by atoms with Crippen molar-refractivity contribution in [3.05, 3.63) is 35.1 Å². The second-order valence-corrected chi connectivity index (χ2v) is 3.95. The molecular weight excluding hydrogens is 179 g/mol. The minimum Gasteiger partial charge on any atom is -0.311 e. The van der Waals surface area contributed by atoms with Gasteiger partial charge in [0.25, 0.3) is 0 Å². The number of likely N-dealkylation sites (N-methyl/N-ethyl adjacent to an activating group) is 1. The zero-order chi connectivity index (χ0) is 10.1. The van der Waals surface area contributed by atoms with Gasteiger partial charge in [-0.25, -0.2) is 4.39 Å². The Labute approximate surface area is 83.7 Å². The third-order valence-electron chi connectivity index (χ3n) is 2.74. The van der Waals surface area contributed by atoms with Crippen LogP contribution in [0.25, 0.3) is 0 Å². The number of hydrogen-bond acceptors (Lipinski definition) is 2. The van der Waals surface area contributed by atoms with Crippen molar-refractivity contribution in [1.29, 1.82) is 0 Å². The van der Waals surface area contributed by atoms with Crippen LogP contribution < -0.4 is 5.32 Å². The summed E-state index contributed by atoms with van der Waals surface area (Å²) in [4.78, 5) is 2.12. The summed E-state index contributed by atoms with van der Waals surface area (Å²) < 4.78 is 13.1. The maximum atomic E-state index is 13.1. The van der Waals surface area contributed by atoms with Crippen LogP contribution in [0.3, 0.4) is 0 Å². The van der Waals surface area contributed by atoms with Gasteiger partial charge in [0.2, 0.25) is 0 Å². The van der Waals surface area contributed by atoms with Crippen molar-refractivity contribution in [2.75, 3.05) is 20.6 Å².